The quantitative estimate of drug-likeness (QED) is 0.638. The number of H-pyrrole nitrogens is 1. The fourth-order valence-electron chi connectivity index (χ4n) is 2.14. The van der Waals surface area contributed by atoms with Crippen LogP contribution in [0.1, 0.15) is 18.0 Å². The van der Waals surface area contributed by atoms with E-state index in [2.05, 4.69) is 25.9 Å². The Balaban J connectivity index is 1.54. The molecule has 1 atom stereocenters. The summed E-state index contributed by atoms with van der Waals surface area (Å²) >= 11 is 0. The lowest BCUT2D eigenvalue weighted by atomic mass is 10.0. The number of aromatic nitrogens is 4. The molecule has 4 N–H and O–H groups in total. The first-order valence-corrected chi connectivity index (χ1v) is 7.32. The molecule has 8 nitrogen and oxygen atoms in total. The van der Waals surface area contributed by atoms with Crippen LogP contribution in [-0.4, -0.2) is 26.5 Å². The number of ether oxygens (including phenoxy) is 1. The highest BCUT2D eigenvalue weighted by Crippen LogP contribution is 2.20. The Morgan fingerprint density at radius 3 is 2.58 bits per heavy atom. The average molecular weight is 324 g/mol. The topological polar surface area (TPSA) is 119 Å². The molecule has 122 valence electrons. The van der Waals surface area contributed by atoms with Crippen molar-refractivity contribution in [2.75, 3.05) is 5.32 Å². The molecule has 0 aliphatic heterocycles. The van der Waals surface area contributed by atoms with Crippen molar-refractivity contribution in [3.05, 3.63) is 60.2 Å². The minimum Gasteiger partial charge on any atom is -0.422 e. The molecule has 0 aliphatic carbocycles. The number of nitrogens with zero attached hydrogens (tertiary/aromatic N) is 3. The van der Waals surface area contributed by atoms with Gasteiger partial charge in [-0.1, -0.05) is 40.5 Å². The van der Waals surface area contributed by atoms with Crippen molar-refractivity contribution in [3.8, 4) is 11.8 Å². The van der Waals surface area contributed by atoms with Crippen LogP contribution in [0, 0.1) is 0 Å². The van der Waals surface area contributed by atoms with Crippen molar-refractivity contribution in [1.82, 2.24) is 20.6 Å². The van der Waals surface area contributed by atoms with Crippen molar-refractivity contribution in [2.45, 2.75) is 12.5 Å². The number of amides is 1. The second-order valence-electron chi connectivity index (χ2n) is 5.09. The van der Waals surface area contributed by atoms with E-state index in [1.807, 2.05) is 30.3 Å². The summed E-state index contributed by atoms with van der Waals surface area (Å²) in [5.74, 6) is 0.383. The first kappa shape index (κ1) is 15.6. The van der Waals surface area contributed by atoms with Gasteiger partial charge in [0.25, 0.3) is 0 Å². The molecular formula is C16H16N6O2. The molecule has 2 aromatic carbocycles. The highest BCUT2D eigenvalue weighted by atomic mass is 16.5. The van der Waals surface area contributed by atoms with Crippen LogP contribution in [0.2, 0.25) is 0 Å². The minimum atomic E-state index is -0.341. The van der Waals surface area contributed by atoms with Crippen molar-refractivity contribution >= 4 is 11.6 Å². The summed E-state index contributed by atoms with van der Waals surface area (Å²) in [6.45, 7) is 0. The normalized spacial score (nSPS) is 11.7. The summed E-state index contributed by atoms with van der Waals surface area (Å²) in [7, 11) is 0. The number of nitrogens with one attached hydrogen (secondary N) is 2. The van der Waals surface area contributed by atoms with Gasteiger partial charge in [0.15, 0.2) is 0 Å². The van der Waals surface area contributed by atoms with Gasteiger partial charge in [-0.25, -0.2) is 0 Å². The molecule has 0 saturated carbocycles. The number of rotatable bonds is 6. The first-order valence-electron chi connectivity index (χ1n) is 7.32. The van der Waals surface area contributed by atoms with E-state index in [1.165, 1.54) is 0 Å². The molecule has 0 spiro atoms. The molecule has 1 heterocycles. The fourth-order valence-corrected chi connectivity index (χ4v) is 2.14. The van der Waals surface area contributed by atoms with Crippen LogP contribution in [0.3, 0.4) is 0 Å². The van der Waals surface area contributed by atoms with Crippen molar-refractivity contribution in [1.29, 1.82) is 0 Å². The molecule has 3 aromatic rings. The summed E-state index contributed by atoms with van der Waals surface area (Å²) in [6.07, 6.45) is 0.200. The molecule has 24 heavy (non-hydrogen) atoms. The van der Waals surface area contributed by atoms with Crippen molar-refractivity contribution in [2.24, 2.45) is 5.73 Å². The zero-order valence-corrected chi connectivity index (χ0v) is 12.7. The van der Waals surface area contributed by atoms with Gasteiger partial charge < -0.3 is 15.8 Å². The van der Waals surface area contributed by atoms with Gasteiger partial charge in [0.05, 0.1) is 0 Å². The van der Waals surface area contributed by atoms with Gasteiger partial charge in [-0.05, 0) is 35.0 Å². The lowest BCUT2D eigenvalue weighted by Gasteiger charge is -2.12. The lowest BCUT2D eigenvalue weighted by molar-refractivity contribution is -0.116. The second kappa shape index (κ2) is 7.34. The SMILES string of the molecule is NC(CC(=O)Nc1ccc(Oc2nn[nH]n2)cc1)c1ccccc1. The van der Waals surface area contributed by atoms with E-state index in [0.717, 1.165) is 5.56 Å². The number of hydrogen-bond acceptors (Lipinski definition) is 6. The van der Waals surface area contributed by atoms with Crippen LogP contribution in [0.5, 0.6) is 11.8 Å². The number of tetrazole rings is 1. The standard InChI is InChI=1S/C16H16N6O2/c17-14(11-4-2-1-3-5-11)10-15(23)18-12-6-8-13(9-7-12)24-16-19-21-22-20-16/h1-9,14H,10,17H2,(H,18,23)(H,19,20,21,22). The Bertz CT molecular complexity index is 774. The van der Waals surface area contributed by atoms with E-state index < -0.39 is 0 Å². The van der Waals surface area contributed by atoms with Crippen LogP contribution in [0.4, 0.5) is 5.69 Å². The zero-order valence-electron chi connectivity index (χ0n) is 12.7. The number of carbonyl (C=O) groups excluding carboxylic acids is 1. The van der Waals surface area contributed by atoms with Gasteiger partial charge in [0.1, 0.15) is 5.75 Å². The number of hydrogen-bond donors (Lipinski definition) is 3. The average Bonchev–Trinajstić information content (AvgIpc) is 3.10. The van der Waals surface area contributed by atoms with Gasteiger partial charge in [-0.2, -0.15) is 5.21 Å². The maximum Gasteiger partial charge on any atom is 0.361 e. The smallest absolute Gasteiger partial charge is 0.361 e. The predicted molar refractivity (Wildman–Crippen MR) is 87.3 cm³/mol. The molecule has 8 heteroatoms. The minimum absolute atomic E-state index is 0.126. The monoisotopic (exact) mass is 324 g/mol. The molecule has 0 aliphatic rings. The number of carbonyl (C=O) groups is 1. The van der Waals surface area contributed by atoms with Crippen LogP contribution in [0.15, 0.2) is 54.6 Å². The number of aromatic amines is 1. The molecule has 0 bridgehead atoms. The van der Waals surface area contributed by atoms with E-state index >= 15 is 0 Å². The van der Waals surface area contributed by atoms with Gasteiger partial charge >= 0.3 is 6.01 Å². The largest absolute Gasteiger partial charge is 0.422 e. The zero-order chi connectivity index (χ0) is 16.8. The summed E-state index contributed by atoms with van der Waals surface area (Å²) in [4.78, 5) is 12.1. The summed E-state index contributed by atoms with van der Waals surface area (Å²) in [5.41, 5.74) is 7.63. The van der Waals surface area contributed by atoms with Gasteiger partial charge in [0.2, 0.25) is 5.91 Å². The Labute approximate surface area is 138 Å². The molecular weight excluding hydrogens is 308 g/mol. The summed E-state index contributed by atoms with van der Waals surface area (Å²) in [6, 6.07) is 16.1. The van der Waals surface area contributed by atoms with E-state index in [0.29, 0.717) is 11.4 Å². The van der Waals surface area contributed by atoms with E-state index in [9.17, 15) is 4.79 Å². The molecule has 1 amide bonds. The van der Waals surface area contributed by atoms with Crippen LogP contribution >= 0.6 is 0 Å². The van der Waals surface area contributed by atoms with Crippen molar-refractivity contribution in [3.63, 3.8) is 0 Å². The van der Waals surface area contributed by atoms with Gasteiger partial charge in [0, 0.05) is 18.2 Å². The summed E-state index contributed by atoms with van der Waals surface area (Å²) in [5, 5.41) is 15.9. The maximum atomic E-state index is 12.1. The third kappa shape index (κ3) is 4.14. The number of benzene rings is 2. The van der Waals surface area contributed by atoms with Crippen LogP contribution in [-0.2, 0) is 4.79 Å². The highest BCUT2D eigenvalue weighted by Gasteiger charge is 2.11. The van der Waals surface area contributed by atoms with E-state index in [-0.39, 0.29) is 24.4 Å². The van der Waals surface area contributed by atoms with E-state index in [4.69, 9.17) is 10.5 Å². The second-order valence-corrected chi connectivity index (χ2v) is 5.09. The lowest BCUT2D eigenvalue weighted by Crippen LogP contribution is -2.20. The first-order chi connectivity index (χ1) is 11.7. The third-order valence-electron chi connectivity index (χ3n) is 3.31. The summed E-state index contributed by atoms with van der Waals surface area (Å²) < 4.78 is 5.35. The molecule has 1 aromatic heterocycles. The third-order valence-corrected chi connectivity index (χ3v) is 3.31. The molecule has 0 saturated heterocycles. The Morgan fingerprint density at radius 1 is 1.17 bits per heavy atom. The predicted octanol–water partition coefficient (Wildman–Crippen LogP) is 2.02. The van der Waals surface area contributed by atoms with Gasteiger partial charge in [-0.15, -0.1) is 0 Å². The molecule has 3 rings (SSSR count). The van der Waals surface area contributed by atoms with Gasteiger partial charge in [-0.3, -0.25) is 4.79 Å². The number of nitrogens with two attached hydrogens (primary N) is 1. The molecule has 0 radical (unpaired) electrons. The van der Waals surface area contributed by atoms with Crippen LogP contribution in [0.25, 0.3) is 0 Å². The number of anilines is 1. The Kier molecular flexibility index (Phi) is 4.78. The fraction of sp³-hybridized carbons (Fsp3) is 0.125. The maximum absolute atomic E-state index is 12.1. The molecule has 1 unspecified atom stereocenters. The van der Waals surface area contributed by atoms with Crippen molar-refractivity contribution < 1.29 is 9.53 Å². The highest BCUT2D eigenvalue weighted by molar-refractivity contribution is 5.91. The molecule has 0 fully saturated rings. The Hall–Kier alpha value is -3.26. The van der Waals surface area contributed by atoms with E-state index in [1.54, 1.807) is 24.3 Å². The Morgan fingerprint density at radius 2 is 1.92 bits per heavy atom. The van der Waals surface area contributed by atoms with Crippen LogP contribution < -0.4 is 15.8 Å².